The molecule has 1 aromatic carbocycles. The Hall–Kier alpha value is -1.37. The fourth-order valence-corrected chi connectivity index (χ4v) is 4.52. The van der Waals surface area contributed by atoms with Crippen molar-refractivity contribution in [2.75, 3.05) is 26.0 Å². The maximum Gasteiger partial charge on any atom is 0.306 e. The zero-order valence-electron chi connectivity index (χ0n) is 14.7. The fourth-order valence-electron chi connectivity index (χ4n) is 3.96. The second-order valence-corrected chi connectivity index (χ2v) is 8.54. The predicted molar refractivity (Wildman–Crippen MR) is 94.3 cm³/mol. The molecule has 1 N–H and O–H groups in total. The van der Waals surface area contributed by atoms with Crippen molar-refractivity contribution in [3.05, 3.63) is 40.1 Å². The van der Waals surface area contributed by atoms with Gasteiger partial charge in [0.15, 0.2) is 0 Å². The molecule has 1 fully saturated rings. The lowest BCUT2D eigenvalue weighted by molar-refractivity contribution is 0.0291. The van der Waals surface area contributed by atoms with E-state index in [0.717, 1.165) is 41.4 Å². The van der Waals surface area contributed by atoms with Gasteiger partial charge < -0.3 is 8.92 Å². The van der Waals surface area contributed by atoms with Gasteiger partial charge in [0.25, 0.3) is 0 Å². The Labute approximate surface area is 144 Å². The van der Waals surface area contributed by atoms with Gasteiger partial charge in [0.05, 0.1) is 12.9 Å². The second kappa shape index (κ2) is 6.17. The van der Waals surface area contributed by atoms with Crippen LogP contribution in [0.15, 0.2) is 17.9 Å². The predicted octanol–water partition coefficient (Wildman–Crippen LogP) is 2.45. The van der Waals surface area contributed by atoms with Crippen molar-refractivity contribution < 1.29 is 17.3 Å². The van der Waals surface area contributed by atoms with E-state index < -0.39 is 15.7 Å². The van der Waals surface area contributed by atoms with Crippen molar-refractivity contribution in [1.82, 2.24) is 5.32 Å². The largest absolute Gasteiger partial charge is 0.385 e. The van der Waals surface area contributed by atoms with Crippen LogP contribution >= 0.6 is 0 Å². The third kappa shape index (κ3) is 3.23. The summed E-state index contributed by atoms with van der Waals surface area (Å²) in [7, 11) is -3.61. The molecule has 0 amide bonds. The van der Waals surface area contributed by atoms with Gasteiger partial charge >= 0.3 is 10.1 Å². The Morgan fingerprint density at radius 1 is 1.21 bits per heavy atom. The molecule has 1 saturated heterocycles. The van der Waals surface area contributed by atoms with E-state index in [0.29, 0.717) is 25.5 Å². The van der Waals surface area contributed by atoms with E-state index in [9.17, 15) is 8.42 Å². The van der Waals surface area contributed by atoms with E-state index in [1.54, 1.807) is 0 Å². The summed E-state index contributed by atoms with van der Waals surface area (Å²) in [6.45, 7) is 7.90. The first-order valence-electron chi connectivity index (χ1n) is 8.26. The Morgan fingerprint density at radius 2 is 1.88 bits per heavy atom. The van der Waals surface area contributed by atoms with E-state index in [2.05, 4.69) is 38.2 Å². The van der Waals surface area contributed by atoms with Crippen LogP contribution < -0.4 is 5.32 Å². The minimum Gasteiger partial charge on any atom is -0.385 e. The first kappa shape index (κ1) is 17.5. The van der Waals surface area contributed by atoms with Gasteiger partial charge in [-0.3, -0.25) is 5.32 Å². The molecule has 132 valence electrons. The van der Waals surface area contributed by atoms with Crippen molar-refractivity contribution in [2.45, 2.75) is 39.2 Å². The molecule has 2 aliphatic rings. The molecule has 3 rings (SSSR count). The van der Waals surface area contributed by atoms with Crippen LogP contribution in [0.25, 0.3) is 5.57 Å². The van der Waals surface area contributed by atoms with Crippen LogP contribution in [0.3, 0.4) is 0 Å². The van der Waals surface area contributed by atoms with Crippen molar-refractivity contribution in [3.8, 4) is 0 Å². The average Bonchev–Trinajstić information content (AvgIpc) is 2.76. The number of benzene rings is 1. The van der Waals surface area contributed by atoms with Crippen LogP contribution in [0.2, 0.25) is 0 Å². The van der Waals surface area contributed by atoms with E-state index in [-0.39, 0.29) is 0 Å². The molecular formula is C18H25NO4S. The highest BCUT2D eigenvalue weighted by Crippen LogP contribution is 2.40. The van der Waals surface area contributed by atoms with E-state index in [4.69, 9.17) is 8.92 Å². The minimum absolute atomic E-state index is 0.436. The Morgan fingerprint density at radius 3 is 2.42 bits per heavy atom. The third-order valence-corrected chi connectivity index (χ3v) is 5.24. The number of aryl methyl sites for hydroxylation is 3. The van der Waals surface area contributed by atoms with Gasteiger partial charge in [-0.2, -0.15) is 8.42 Å². The van der Waals surface area contributed by atoms with Crippen molar-refractivity contribution in [3.63, 3.8) is 0 Å². The fraction of sp³-hybridized carbons (Fsp3) is 0.556. The van der Waals surface area contributed by atoms with Crippen LogP contribution in [0.1, 0.15) is 35.1 Å². The molecule has 24 heavy (non-hydrogen) atoms. The summed E-state index contributed by atoms with van der Waals surface area (Å²) in [5, 5.41) is 3.47. The topological polar surface area (TPSA) is 64.6 Å². The molecule has 2 aliphatic heterocycles. The standard InChI is InChI=1S/C18H25NO4S/c1-12-8-13(2)16(14(3)9-12)15-10-19-18(6-5-7-22-11-18)17(15)23-24(4,20)21/h8-9,19H,5-7,10-11H2,1-4H3. The summed E-state index contributed by atoms with van der Waals surface area (Å²) in [6, 6.07) is 4.24. The lowest BCUT2D eigenvalue weighted by Crippen LogP contribution is -2.50. The van der Waals surface area contributed by atoms with Gasteiger partial charge in [0.2, 0.25) is 0 Å². The zero-order chi connectivity index (χ0) is 17.5. The molecule has 0 bridgehead atoms. The SMILES string of the molecule is Cc1cc(C)c(C2=C(OS(C)(=O)=O)C3(CCCOC3)NC2)c(C)c1. The van der Waals surface area contributed by atoms with Crippen LogP contribution in [-0.2, 0) is 19.0 Å². The van der Waals surface area contributed by atoms with E-state index in [1.165, 1.54) is 5.56 Å². The number of hydrogen-bond donors (Lipinski definition) is 1. The van der Waals surface area contributed by atoms with Gasteiger partial charge in [-0.25, -0.2) is 0 Å². The number of rotatable bonds is 3. The molecule has 5 nitrogen and oxygen atoms in total. The molecule has 0 aromatic heterocycles. The zero-order valence-corrected chi connectivity index (χ0v) is 15.5. The molecule has 0 radical (unpaired) electrons. The molecule has 1 unspecified atom stereocenters. The van der Waals surface area contributed by atoms with Crippen LogP contribution in [0, 0.1) is 20.8 Å². The van der Waals surface area contributed by atoms with Crippen molar-refractivity contribution >= 4 is 15.7 Å². The molecular weight excluding hydrogens is 326 g/mol. The summed E-state index contributed by atoms with van der Waals surface area (Å²) in [5.41, 5.74) is 4.93. The Bertz CT molecular complexity index is 766. The summed E-state index contributed by atoms with van der Waals surface area (Å²) >= 11 is 0. The maximum absolute atomic E-state index is 11.9. The summed E-state index contributed by atoms with van der Waals surface area (Å²) in [5.74, 6) is 0.514. The molecule has 0 aliphatic carbocycles. The Balaban J connectivity index is 2.18. The summed E-state index contributed by atoms with van der Waals surface area (Å²) in [4.78, 5) is 0. The highest BCUT2D eigenvalue weighted by Gasteiger charge is 2.46. The van der Waals surface area contributed by atoms with E-state index in [1.807, 2.05) is 0 Å². The normalized spacial score (nSPS) is 24.7. The quantitative estimate of drug-likeness (QED) is 0.848. The van der Waals surface area contributed by atoms with Crippen LogP contribution in [-0.4, -0.2) is 40.0 Å². The molecule has 0 saturated carbocycles. The highest BCUT2D eigenvalue weighted by atomic mass is 32.2. The van der Waals surface area contributed by atoms with Gasteiger partial charge in [-0.1, -0.05) is 17.7 Å². The number of nitrogens with one attached hydrogen (secondary N) is 1. The minimum atomic E-state index is -3.61. The second-order valence-electron chi connectivity index (χ2n) is 6.96. The molecule has 2 heterocycles. The Kier molecular flexibility index (Phi) is 4.49. The highest BCUT2D eigenvalue weighted by molar-refractivity contribution is 7.86. The molecule has 6 heteroatoms. The molecule has 1 atom stereocenters. The first-order valence-corrected chi connectivity index (χ1v) is 10.1. The molecule has 1 aromatic rings. The first-order chi connectivity index (χ1) is 11.2. The third-order valence-electron chi connectivity index (χ3n) is 4.77. The van der Waals surface area contributed by atoms with Crippen molar-refractivity contribution in [1.29, 1.82) is 0 Å². The maximum atomic E-state index is 11.9. The lowest BCUT2D eigenvalue weighted by atomic mass is 9.88. The number of hydrogen-bond acceptors (Lipinski definition) is 5. The summed E-state index contributed by atoms with van der Waals surface area (Å²) < 4.78 is 34.9. The van der Waals surface area contributed by atoms with Gasteiger partial charge in [0.1, 0.15) is 11.3 Å². The summed E-state index contributed by atoms with van der Waals surface area (Å²) in [6.07, 6.45) is 2.79. The smallest absolute Gasteiger partial charge is 0.306 e. The van der Waals surface area contributed by atoms with Crippen molar-refractivity contribution in [2.24, 2.45) is 0 Å². The monoisotopic (exact) mass is 351 g/mol. The number of ether oxygens (including phenoxy) is 1. The van der Waals surface area contributed by atoms with Gasteiger partial charge in [0, 0.05) is 18.7 Å². The van der Waals surface area contributed by atoms with Crippen LogP contribution in [0.4, 0.5) is 0 Å². The average molecular weight is 351 g/mol. The van der Waals surface area contributed by atoms with Gasteiger partial charge in [-0.15, -0.1) is 0 Å². The molecule has 1 spiro atoms. The van der Waals surface area contributed by atoms with Gasteiger partial charge in [-0.05, 0) is 50.3 Å². The van der Waals surface area contributed by atoms with Crippen LogP contribution in [0.5, 0.6) is 0 Å². The lowest BCUT2D eigenvalue weighted by Gasteiger charge is -2.35. The van der Waals surface area contributed by atoms with E-state index >= 15 is 0 Å².